The molecule has 0 spiro atoms. The average molecular weight is 261 g/mol. The molecule has 104 valence electrons. The van der Waals surface area contributed by atoms with Gasteiger partial charge in [-0.05, 0) is 13.3 Å². The summed E-state index contributed by atoms with van der Waals surface area (Å²) in [7, 11) is 1.41. The Morgan fingerprint density at radius 1 is 1.44 bits per heavy atom. The summed E-state index contributed by atoms with van der Waals surface area (Å²) in [5.41, 5.74) is 0.251. The molecule has 1 unspecified atom stereocenters. The lowest BCUT2D eigenvalue weighted by molar-refractivity contribution is -0.255. The second kappa shape index (κ2) is 8.48. The van der Waals surface area contributed by atoms with Crippen molar-refractivity contribution in [2.45, 2.75) is 26.6 Å². The molecule has 0 rings (SSSR count). The third kappa shape index (κ3) is 6.21. The van der Waals surface area contributed by atoms with Gasteiger partial charge in [0.25, 0.3) is 0 Å². The number of rotatable bonds is 8. The highest BCUT2D eigenvalue weighted by molar-refractivity contribution is 5.86. The standard InChI is InChI=1S/C11H19NO6/c1-5-9(16-4)18-12(11(14)15)6-7-17-10(13)8(2)3/h9H,2,5-7H2,1,3-4H3,(H,14,15). The van der Waals surface area contributed by atoms with Crippen LogP contribution >= 0.6 is 0 Å². The number of hydroxylamine groups is 2. The van der Waals surface area contributed by atoms with E-state index in [-0.39, 0.29) is 18.7 Å². The van der Waals surface area contributed by atoms with Gasteiger partial charge in [0.15, 0.2) is 6.29 Å². The van der Waals surface area contributed by atoms with Crippen LogP contribution in [0.3, 0.4) is 0 Å². The lowest BCUT2D eigenvalue weighted by Crippen LogP contribution is -2.37. The van der Waals surface area contributed by atoms with Crippen LogP contribution in [0.1, 0.15) is 20.3 Å². The number of methoxy groups -OCH3 is 1. The van der Waals surface area contributed by atoms with Crippen LogP contribution in [0.2, 0.25) is 0 Å². The first-order valence-corrected chi connectivity index (χ1v) is 5.45. The number of carbonyl (C=O) groups excluding carboxylic acids is 1. The molecule has 1 atom stereocenters. The number of hydrogen-bond donors (Lipinski definition) is 1. The van der Waals surface area contributed by atoms with Crippen LogP contribution in [-0.4, -0.2) is 48.8 Å². The van der Waals surface area contributed by atoms with Gasteiger partial charge in [-0.2, -0.15) is 5.06 Å². The van der Waals surface area contributed by atoms with E-state index >= 15 is 0 Å². The number of hydrogen-bond acceptors (Lipinski definition) is 5. The summed E-state index contributed by atoms with van der Waals surface area (Å²) in [6.07, 6.45) is -1.44. The minimum Gasteiger partial charge on any atom is -0.463 e. The molecule has 0 aliphatic rings. The van der Waals surface area contributed by atoms with E-state index in [0.717, 1.165) is 0 Å². The minimum absolute atomic E-state index is 0.103. The molecule has 1 amide bonds. The summed E-state index contributed by atoms with van der Waals surface area (Å²) in [5.74, 6) is -0.570. The number of nitrogens with zero attached hydrogens (tertiary/aromatic N) is 1. The fraction of sp³-hybridized carbons (Fsp3) is 0.636. The topological polar surface area (TPSA) is 85.3 Å². The summed E-state index contributed by atoms with van der Waals surface area (Å²) in [6.45, 7) is 6.48. The fourth-order valence-electron chi connectivity index (χ4n) is 0.964. The zero-order valence-corrected chi connectivity index (χ0v) is 10.8. The van der Waals surface area contributed by atoms with Gasteiger partial charge >= 0.3 is 12.1 Å². The largest absolute Gasteiger partial charge is 0.463 e. The van der Waals surface area contributed by atoms with E-state index < -0.39 is 18.4 Å². The predicted molar refractivity (Wildman–Crippen MR) is 62.7 cm³/mol. The Morgan fingerprint density at radius 2 is 2.06 bits per heavy atom. The molecule has 0 aromatic heterocycles. The number of carbonyl (C=O) groups is 2. The number of amides is 1. The van der Waals surface area contributed by atoms with Crippen molar-refractivity contribution in [3.8, 4) is 0 Å². The van der Waals surface area contributed by atoms with Crippen LogP contribution in [0.25, 0.3) is 0 Å². The molecule has 0 aromatic carbocycles. The van der Waals surface area contributed by atoms with Crippen molar-refractivity contribution in [3.63, 3.8) is 0 Å². The summed E-state index contributed by atoms with van der Waals surface area (Å²) in [5, 5.41) is 9.54. The molecule has 0 saturated heterocycles. The van der Waals surface area contributed by atoms with Crippen molar-refractivity contribution in [1.82, 2.24) is 5.06 Å². The molecule has 18 heavy (non-hydrogen) atoms. The monoisotopic (exact) mass is 261 g/mol. The molecule has 0 aliphatic carbocycles. The number of carboxylic acid groups (broad SMARTS) is 1. The van der Waals surface area contributed by atoms with Crippen LogP contribution < -0.4 is 0 Å². The molecule has 7 nitrogen and oxygen atoms in total. The lowest BCUT2D eigenvalue weighted by Gasteiger charge is -2.23. The molecule has 0 saturated carbocycles. The molecular weight excluding hydrogens is 242 g/mol. The lowest BCUT2D eigenvalue weighted by atomic mass is 10.4. The Hall–Kier alpha value is -1.60. The summed E-state index contributed by atoms with van der Waals surface area (Å²) < 4.78 is 9.67. The first-order chi connectivity index (χ1) is 8.42. The van der Waals surface area contributed by atoms with Crippen molar-refractivity contribution < 1.29 is 29.0 Å². The second-order valence-corrected chi connectivity index (χ2v) is 3.48. The summed E-state index contributed by atoms with van der Waals surface area (Å²) >= 11 is 0. The maximum Gasteiger partial charge on any atom is 0.431 e. The summed E-state index contributed by atoms with van der Waals surface area (Å²) in [4.78, 5) is 27.0. The smallest absolute Gasteiger partial charge is 0.431 e. The van der Waals surface area contributed by atoms with Gasteiger partial charge in [0.1, 0.15) is 6.61 Å². The van der Waals surface area contributed by atoms with Gasteiger partial charge in [-0.15, -0.1) is 0 Å². The van der Waals surface area contributed by atoms with E-state index in [2.05, 4.69) is 6.58 Å². The molecule has 0 bridgehead atoms. The maximum atomic E-state index is 11.1. The van der Waals surface area contributed by atoms with Gasteiger partial charge in [0, 0.05) is 12.7 Å². The van der Waals surface area contributed by atoms with Gasteiger partial charge in [-0.1, -0.05) is 13.5 Å². The normalized spacial score (nSPS) is 11.7. The molecule has 0 radical (unpaired) electrons. The highest BCUT2D eigenvalue weighted by Crippen LogP contribution is 2.04. The first-order valence-electron chi connectivity index (χ1n) is 5.45. The van der Waals surface area contributed by atoms with E-state index in [1.165, 1.54) is 14.0 Å². The van der Waals surface area contributed by atoms with Crippen molar-refractivity contribution in [2.75, 3.05) is 20.3 Å². The fourth-order valence-corrected chi connectivity index (χ4v) is 0.964. The van der Waals surface area contributed by atoms with E-state index in [4.69, 9.17) is 19.4 Å². The van der Waals surface area contributed by atoms with E-state index in [9.17, 15) is 9.59 Å². The Bertz CT molecular complexity index is 300. The third-order valence-electron chi connectivity index (χ3n) is 1.93. The molecule has 0 aliphatic heterocycles. The van der Waals surface area contributed by atoms with Crippen LogP contribution in [0, 0.1) is 0 Å². The number of ether oxygens (including phenoxy) is 2. The van der Waals surface area contributed by atoms with Gasteiger partial charge in [-0.25, -0.2) is 14.4 Å². The van der Waals surface area contributed by atoms with Gasteiger partial charge in [0.2, 0.25) is 0 Å². The highest BCUT2D eigenvalue weighted by atomic mass is 16.8. The number of esters is 1. The molecular formula is C11H19NO6. The van der Waals surface area contributed by atoms with Crippen molar-refractivity contribution >= 4 is 12.1 Å². The SMILES string of the molecule is C=C(C)C(=O)OCCN(OC(CC)OC)C(=O)O. The maximum absolute atomic E-state index is 11.1. The van der Waals surface area contributed by atoms with Gasteiger partial charge in [0.05, 0.1) is 6.54 Å². The predicted octanol–water partition coefficient (Wildman–Crippen LogP) is 1.40. The summed E-state index contributed by atoms with van der Waals surface area (Å²) in [6, 6.07) is 0. The van der Waals surface area contributed by atoms with E-state index in [1.807, 2.05) is 0 Å². The third-order valence-corrected chi connectivity index (χ3v) is 1.93. The molecule has 0 heterocycles. The minimum atomic E-state index is -1.28. The van der Waals surface area contributed by atoms with E-state index in [1.54, 1.807) is 6.92 Å². The van der Waals surface area contributed by atoms with Crippen LogP contribution in [-0.2, 0) is 19.1 Å². The molecule has 0 fully saturated rings. The molecule has 0 aromatic rings. The van der Waals surface area contributed by atoms with Gasteiger partial charge < -0.3 is 14.6 Å². The highest BCUT2D eigenvalue weighted by Gasteiger charge is 2.18. The molecule has 1 N–H and O–H groups in total. The first kappa shape index (κ1) is 16.4. The van der Waals surface area contributed by atoms with Crippen molar-refractivity contribution in [1.29, 1.82) is 0 Å². The van der Waals surface area contributed by atoms with Crippen LogP contribution in [0.15, 0.2) is 12.2 Å². The Morgan fingerprint density at radius 3 is 2.44 bits per heavy atom. The Balaban J connectivity index is 4.17. The Kier molecular flexibility index (Phi) is 7.73. The van der Waals surface area contributed by atoms with Crippen molar-refractivity contribution in [3.05, 3.63) is 12.2 Å². The Labute approximate surface area is 106 Å². The molecule has 7 heteroatoms. The van der Waals surface area contributed by atoms with Crippen molar-refractivity contribution in [2.24, 2.45) is 0 Å². The average Bonchev–Trinajstić information content (AvgIpc) is 2.32. The zero-order chi connectivity index (χ0) is 14.1. The zero-order valence-electron chi connectivity index (χ0n) is 10.8. The van der Waals surface area contributed by atoms with E-state index in [0.29, 0.717) is 11.5 Å². The van der Waals surface area contributed by atoms with Gasteiger partial charge in [-0.3, -0.25) is 0 Å². The second-order valence-electron chi connectivity index (χ2n) is 3.48. The quantitative estimate of drug-likeness (QED) is 0.307. The van der Waals surface area contributed by atoms with Crippen LogP contribution in [0.5, 0.6) is 0 Å². The van der Waals surface area contributed by atoms with Crippen LogP contribution in [0.4, 0.5) is 4.79 Å².